The Labute approximate surface area is 118 Å². The van der Waals surface area contributed by atoms with Gasteiger partial charge < -0.3 is 19.7 Å². The van der Waals surface area contributed by atoms with Gasteiger partial charge in [-0.25, -0.2) is 0 Å². The molecule has 1 saturated heterocycles. The Morgan fingerprint density at radius 1 is 1.20 bits per heavy atom. The number of hydrogen-bond acceptors (Lipinski definition) is 3. The Balaban J connectivity index is 1.85. The Hall–Kier alpha value is -1.88. The van der Waals surface area contributed by atoms with Crippen LogP contribution < -0.4 is 10.0 Å². The molecule has 0 radical (unpaired) electrons. The predicted octanol–water partition coefficient (Wildman–Crippen LogP) is -1.52. The van der Waals surface area contributed by atoms with Crippen LogP contribution in [0.4, 0.5) is 0 Å². The monoisotopic (exact) mass is 276 g/mol. The van der Waals surface area contributed by atoms with Crippen LogP contribution in [0.1, 0.15) is 22.3 Å². The van der Waals surface area contributed by atoms with Gasteiger partial charge in [0.1, 0.15) is 0 Å². The van der Waals surface area contributed by atoms with E-state index >= 15 is 0 Å². The zero-order chi connectivity index (χ0) is 14.5. The molecule has 0 aliphatic carbocycles. The van der Waals surface area contributed by atoms with Crippen LogP contribution in [0.2, 0.25) is 0 Å². The highest BCUT2D eigenvalue weighted by Gasteiger charge is 2.24. The Kier molecular flexibility index (Phi) is 4.74. The zero-order valence-corrected chi connectivity index (χ0v) is 11.7. The second-order valence-corrected chi connectivity index (χ2v) is 5.28. The third-order valence-corrected chi connectivity index (χ3v) is 3.74. The highest BCUT2D eigenvalue weighted by molar-refractivity contribution is 5.94. The summed E-state index contributed by atoms with van der Waals surface area (Å²) in [5.41, 5.74) is 1.85. The molecule has 0 spiro atoms. The topological polar surface area (TPSA) is 64.9 Å². The molecule has 108 valence electrons. The first kappa shape index (κ1) is 14.5. The lowest BCUT2D eigenvalue weighted by molar-refractivity contribution is -0.903. The van der Waals surface area contributed by atoms with Crippen molar-refractivity contribution in [3.8, 4) is 0 Å². The Morgan fingerprint density at radius 3 is 2.35 bits per heavy atom. The number of carboxylic acid groups (broad SMARTS) is 1. The molecule has 20 heavy (non-hydrogen) atoms. The number of benzene rings is 1. The number of aryl methyl sites for hydroxylation is 1. The molecule has 1 fully saturated rings. The smallest absolute Gasteiger partial charge is 0.254 e. The van der Waals surface area contributed by atoms with Gasteiger partial charge >= 0.3 is 0 Å². The van der Waals surface area contributed by atoms with Crippen LogP contribution in [0, 0.1) is 6.92 Å². The van der Waals surface area contributed by atoms with Gasteiger partial charge in [-0.1, -0.05) is 17.7 Å². The lowest BCUT2D eigenvalue weighted by Gasteiger charge is -2.32. The first-order chi connectivity index (χ1) is 9.56. The molecule has 1 heterocycles. The molecule has 1 N–H and O–H groups in total. The number of carbonyl (C=O) groups excluding carboxylic acids is 2. The molecule has 0 atom stereocenters. The molecule has 1 aliphatic rings. The minimum atomic E-state index is -1.00. The number of rotatable bonds is 4. The van der Waals surface area contributed by atoms with Gasteiger partial charge in [0.15, 0.2) is 0 Å². The van der Waals surface area contributed by atoms with Crippen LogP contribution in [-0.4, -0.2) is 49.5 Å². The second-order valence-electron chi connectivity index (χ2n) is 5.28. The van der Waals surface area contributed by atoms with E-state index in [1.165, 1.54) is 4.90 Å². The van der Waals surface area contributed by atoms with Gasteiger partial charge in [-0.05, 0) is 19.1 Å². The predicted molar refractivity (Wildman–Crippen MR) is 72.3 cm³/mol. The van der Waals surface area contributed by atoms with Crippen molar-refractivity contribution in [2.24, 2.45) is 0 Å². The summed E-state index contributed by atoms with van der Waals surface area (Å²) in [6, 6.07) is 7.59. The number of carbonyl (C=O) groups is 2. The fourth-order valence-corrected chi connectivity index (χ4v) is 2.43. The van der Waals surface area contributed by atoms with Crippen LogP contribution in [-0.2, 0) is 4.79 Å². The van der Waals surface area contributed by atoms with Gasteiger partial charge in [0.05, 0.1) is 32.7 Å². The van der Waals surface area contributed by atoms with Gasteiger partial charge in [0, 0.05) is 18.0 Å². The van der Waals surface area contributed by atoms with E-state index in [9.17, 15) is 14.7 Å². The molecule has 0 unspecified atom stereocenters. The van der Waals surface area contributed by atoms with Crippen LogP contribution >= 0.6 is 0 Å². The summed E-state index contributed by atoms with van der Waals surface area (Å²) in [6.07, 6.45) is 0.0846. The molecular weight excluding hydrogens is 256 g/mol. The summed E-state index contributed by atoms with van der Waals surface area (Å²) >= 11 is 0. The Morgan fingerprint density at radius 2 is 1.80 bits per heavy atom. The van der Waals surface area contributed by atoms with Crippen molar-refractivity contribution in [1.29, 1.82) is 0 Å². The van der Waals surface area contributed by atoms with E-state index in [0.29, 0.717) is 25.2 Å². The molecule has 1 aromatic rings. The molecule has 2 rings (SSSR count). The summed E-state index contributed by atoms with van der Waals surface area (Å²) < 4.78 is 0. The zero-order valence-electron chi connectivity index (χ0n) is 11.7. The number of carboxylic acids is 1. The SMILES string of the molecule is Cc1ccc(C(=O)N2CC[NH+](CCC(=O)[O-])CC2)cc1. The van der Waals surface area contributed by atoms with E-state index in [1.807, 2.05) is 36.1 Å². The first-order valence-corrected chi connectivity index (χ1v) is 6.95. The van der Waals surface area contributed by atoms with Crippen molar-refractivity contribution < 1.29 is 19.6 Å². The van der Waals surface area contributed by atoms with Crippen LogP contribution in [0.25, 0.3) is 0 Å². The third-order valence-electron chi connectivity index (χ3n) is 3.74. The summed E-state index contributed by atoms with van der Waals surface area (Å²) in [6.45, 7) is 5.52. The molecule has 5 heteroatoms. The number of amides is 1. The summed E-state index contributed by atoms with van der Waals surface area (Å²) in [5, 5.41) is 10.4. The van der Waals surface area contributed by atoms with E-state index in [-0.39, 0.29) is 12.3 Å². The van der Waals surface area contributed by atoms with Crippen LogP contribution in [0.3, 0.4) is 0 Å². The van der Waals surface area contributed by atoms with E-state index in [0.717, 1.165) is 18.7 Å². The highest BCUT2D eigenvalue weighted by atomic mass is 16.4. The standard InChI is InChI=1S/C15H20N2O3/c1-12-2-4-13(5-3-12)15(20)17-10-8-16(9-11-17)7-6-14(18)19/h2-5H,6-11H2,1H3,(H,18,19). The van der Waals surface area contributed by atoms with Crippen molar-refractivity contribution in [2.75, 3.05) is 32.7 Å². The lowest BCUT2D eigenvalue weighted by Crippen LogP contribution is -3.15. The summed E-state index contributed by atoms with van der Waals surface area (Å²) in [5.74, 6) is -0.945. The average molecular weight is 276 g/mol. The maximum Gasteiger partial charge on any atom is 0.254 e. The van der Waals surface area contributed by atoms with Gasteiger partial charge in [0.2, 0.25) is 0 Å². The van der Waals surface area contributed by atoms with Gasteiger partial charge in [-0.15, -0.1) is 0 Å². The molecular formula is C15H20N2O3. The van der Waals surface area contributed by atoms with E-state index in [2.05, 4.69) is 0 Å². The van der Waals surface area contributed by atoms with Gasteiger partial charge in [-0.2, -0.15) is 0 Å². The van der Waals surface area contributed by atoms with Crippen molar-refractivity contribution in [1.82, 2.24) is 4.90 Å². The fourth-order valence-electron chi connectivity index (χ4n) is 2.43. The highest BCUT2D eigenvalue weighted by Crippen LogP contribution is 2.07. The van der Waals surface area contributed by atoms with Crippen molar-refractivity contribution in [2.45, 2.75) is 13.3 Å². The number of hydrogen-bond donors (Lipinski definition) is 1. The summed E-state index contributed by atoms with van der Waals surface area (Å²) in [7, 11) is 0. The maximum atomic E-state index is 12.3. The van der Waals surface area contributed by atoms with Crippen molar-refractivity contribution >= 4 is 11.9 Å². The van der Waals surface area contributed by atoms with Gasteiger partial charge in [0.25, 0.3) is 5.91 Å². The molecule has 5 nitrogen and oxygen atoms in total. The van der Waals surface area contributed by atoms with Gasteiger partial charge in [-0.3, -0.25) is 4.79 Å². The van der Waals surface area contributed by atoms with E-state index in [1.54, 1.807) is 0 Å². The molecule has 1 aliphatic heterocycles. The molecule has 0 aromatic heterocycles. The first-order valence-electron chi connectivity index (χ1n) is 6.95. The quantitative estimate of drug-likeness (QED) is 0.726. The number of nitrogens with one attached hydrogen (secondary N) is 1. The number of aliphatic carboxylic acids is 1. The number of nitrogens with zero attached hydrogens (tertiary/aromatic N) is 1. The molecule has 0 bridgehead atoms. The fraction of sp³-hybridized carbons (Fsp3) is 0.467. The lowest BCUT2D eigenvalue weighted by atomic mass is 10.1. The molecule has 1 aromatic carbocycles. The number of piperazine rings is 1. The van der Waals surface area contributed by atoms with Crippen molar-refractivity contribution in [3.63, 3.8) is 0 Å². The van der Waals surface area contributed by atoms with Crippen LogP contribution in [0.15, 0.2) is 24.3 Å². The van der Waals surface area contributed by atoms with E-state index < -0.39 is 5.97 Å². The molecule has 0 saturated carbocycles. The average Bonchev–Trinajstić information content (AvgIpc) is 2.46. The minimum Gasteiger partial charge on any atom is -0.550 e. The third kappa shape index (κ3) is 3.81. The van der Waals surface area contributed by atoms with Crippen molar-refractivity contribution in [3.05, 3.63) is 35.4 Å². The largest absolute Gasteiger partial charge is 0.550 e. The van der Waals surface area contributed by atoms with Crippen LogP contribution in [0.5, 0.6) is 0 Å². The second kappa shape index (κ2) is 6.52. The maximum absolute atomic E-state index is 12.3. The Bertz CT molecular complexity index is 476. The minimum absolute atomic E-state index is 0.0592. The summed E-state index contributed by atoms with van der Waals surface area (Å²) in [4.78, 5) is 25.8. The molecule has 1 amide bonds. The number of quaternary nitrogens is 1. The van der Waals surface area contributed by atoms with E-state index in [4.69, 9.17) is 0 Å². The normalized spacial score (nSPS) is 16.1.